The van der Waals surface area contributed by atoms with Gasteiger partial charge in [0.15, 0.2) is 0 Å². The summed E-state index contributed by atoms with van der Waals surface area (Å²) < 4.78 is 7.20. The number of carbonyl (C=O) groups is 2. The number of aromatic nitrogens is 2. The van der Waals surface area contributed by atoms with Crippen LogP contribution in [0, 0.1) is 5.92 Å². The van der Waals surface area contributed by atoms with Gasteiger partial charge in [0.2, 0.25) is 0 Å². The van der Waals surface area contributed by atoms with Crippen molar-refractivity contribution in [3.63, 3.8) is 0 Å². The maximum Gasteiger partial charge on any atom is 0.255 e. The summed E-state index contributed by atoms with van der Waals surface area (Å²) >= 11 is 0. The maximum atomic E-state index is 13.1. The molecule has 2 N–H and O–H groups in total. The molecule has 4 aromatic rings. The molecule has 9 nitrogen and oxygen atoms in total. The van der Waals surface area contributed by atoms with Crippen LogP contribution in [0.15, 0.2) is 88.5 Å². The van der Waals surface area contributed by atoms with Gasteiger partial charge in [-0.2, -0.15) is 0 Å². The number of nitrogens with zero attached hydrogens (tertiary/aromatic N) is 3. The van der Waals surface area contributed by atoms with Crippen LogP contribution in [0.25, 0.3) is 0 Å². The Kier molecular flexibility index (Phi) is 6.25. The van der Waals surface area contributed by atoms with E-state index in [0.29, 0.717) is 41.6 Å². The number of carbonyl (C=O) groups excluding carboxylic acids is 2. The van der Waals surface area contributed by atoms with Crippen molar-refractivity contribution in [3.05, 3.63) is 112 Å². The van der Waals surface area contributed by atoms with E-state index in [1.165, 1.54) is 0 Å². The fourth-order valence-electron chi connectivity index (χ4n) is 5.53. The van der Waals surface area contributed by atoms with Gasteiger partial charge in [0.1, 0.15) is 5.76 Å². The summed E-state index contributed by atoms with van der Waals surface area (Å²) in [6, 6.07) is 17.7. The molecule has 2 atom stereocenters. The Bertz CT molecular complexity index is 1530. The molecule has 2 bridgehead atoms. The summed E-state index contributed by atoms with van der Waals surface area (Å²) in [4.78, 5) is 44.7. The van der Waals surface area contributed by atoms with E-state index in [4.69, 9.17) is 4.42 Å². The van der Waals surface area contributed by atoms with Crippen molar-refractivity contribution in [2.24, 2.45) is 5.92 Å². The monoisotopic (exact) mass is 509 g/mol. The lowest BCUT2D eigenvalue weighted by molar-refractivity contribution is 0.0946. The summed E-state index contributed by atoms with van der Waals surface area (Å²) in [5.41, 5.74) is 3.40. The highest BCUT2D eigenvalue weighted by Gasteiger charge is 2.35. The van der Waals surface area contributed by atoms with Gasteiger partial charge in [-0.05, 0) is 60.9 Å². The van der Waals surface area contributed by atoms with Crippen LogP contribution in [0.2, 0.25) is 0 Å². The highest BCUT2D eigenvalue weighted by Crippen LogP contribution is 2.39. The zero-order valence-corrected chi connectivity index (χ0v) is 20.7. The van der Waals surface area contributed by atoms with Crippen LogP contribution < -0.4 is 21.1 Å². The molecule has 38 heavy (non-hydrogen) atoms. The van der Waals surface area contributed by atoms with E-state index in [2.05, 4.69) is 20.5 Å². The quantitative estimate of drug-likeness (QED) is 0.411. The van der Waals surface area contributed by atoms with E-state index in [-0.39, 0.29) is 29.8 Å². The first-order valence-electron chi connectivity index (χ1n) is 12.7. The van der Waals surface area contributed by atoms with Crippen LogP contribution in [0.3, 0.4) is 0 Å². The average molecular weight is 510 g/mol. The van der Waals surface area contributed by atoms with Crippen molar-refractivity contribution in [1.29, 1.82) is 0 Å². The Balaban J connectivity index is 1.30. The predicted molar refractivity (Wildman–Crippen MR) is 142 cm³/mol. The Hall–Kier alpha value is -4.66. The van der Waals surface area contributed by atoms with Gasteiger partial charge in [0.25, 0.3) is 17.4 Å². The van der Waals surface area contributed by atoms with Crippen LogP contribution >= 0.6 is 0 Å². The number of amides is 2. The van der Waals surface area contributed by atoms with E-state index in [0.717, 1.165) is 24.3 Å². The third-order valence-corrected chi connectivity index (χ3v) is 7.27. The Morgan fingerprint density at radius 2 is 1.82 bits per heavy atom. The second-order valence-corrected chi connectivity index (χ2v) is 9.79. The Morgan fingerprint density at radius 3 is 2.63 bits per heavy atom. The lowest BCUT2D eigenvalue weighted by Crippen LogP contribution is -2.47. The van der Waals surface area contributed by atoms with Crippen molar-refractivity contribution in [3.8, 4) is 0 Å². The lowest BCUT2D eigenvalue weighted by atomic mass is 9.83. The molecule has 6 rings (SSSR count). The fourth-order valence-corrected chi connectivity index (χ4v) is 5.53. The molecule has 5 heterocycles. The Labute approximate surface area is 219 Å². The minimum atomic E-state index is -0.282. The standard InChI is InChI=1S/C29H27N5O4/c35-27-5-1-4-25-22-13-19(17-34(25)27)16-33(18-22)26-7-6-21(28(36)31-15-23-3-2-12-38-23)14-24(26)32-29(37)20-8-10-30-11-9-20/h1-12,14,19,22H,13,15-18H2,(H,31,36)(H,32,37). The molecule has 3 aromatic heterocycles. The highest BCUT2D eigenvalue weighted by atomic mass is 16.3. The third kappa shape index (κ3) is 4.70. The number of hydrogen-bond donors (Lipinski definition) is 2. The first-order chi connectivity index (χ1) is 18.5. The molecule has 2 aliphatic heterocycles. The predicted octanol–water partition coefficient (Wildman–Crippen LogP) is 3.64. The molecule has 0 saturated carbocycles. The highest BCUT2D eigenvalue weighted by molar-refractivity contribution is 6.07. The van der Waals surface area contributed by atoms with Crippen LogP contribution in [0.1, 0.15) is 44.5 Å². The molecule has 192 valence electrons. The molecule has 0 radical (unpaired) electrons. The summed E-state index contributed by atoms with van der Waals surface area (Å²) in [5, 5.41) is 5.88. The average Bonchev–Trinajstić information content (AvgIpc) is 3.46. The van der Waals surface area contributed by atoms with Gasteiger partial charge in [-0.3, -0.25) is 19.4 Å². The SMILES string of the molecule is O=C(NCc1ccco1)c1ccc(N2CC3CC(C2)c2cccc(=O)n2C3)c(NC(=O)c2ccncc2)c1. The molecular formula is C29H27N5O4. The molecule has 1 aromatic carbocycles. The summed E-state index contributed by atoms with van der Waals surface area (Å²) in [6.45, 7) is 2.40. The number of piperidine rings is 1. The van der Waals surface area contributed by atoms with Gasteiger partial charge in [0, 0.05) is 60.8 Å². The normalized spacial score (nSPS) is 17.9. The minimum Gasteiger partial charge on any atom is -0.467 e. The van der Waals surface area contributed by atoms with Gasteiger partial charge in [0.05, 0.1) is 24.2 Å². The number of nitrogens with one attached hydrogen (secondary N) is 2. The van der Waals surface area contributed by atoms with Crippen molar-refractivity contribution in [2.45, 2.75) is 25.4 Å². The van der Waals surface area contributed by atoms with Crippen LogP contribution in [-0.2, 0) is 13.1 Å². The fraction of sp³-hybridized carbons (Fsp3) is 0.241. The molecule has 2 unspecified atom stereocenters. The molecule has 0 spiro atoms. The zero-order chi connectivity index (χ0) is 26.1. The summed E-state index contributed by atoms with van der Waals surface area (Å²) in [6.07, 6.45) is 5.72. The van der Waals surface area contributed by atoms with Gasteiger partial charge < -0.3 is 24.5 Å². The summed E-state index contributed by atoms with van der Waals surface area (Å²) in [5.74, 6) is 0.616. The largest absolute Gasteiger partial charge is 0.467 e. The molecule has 9 heteroatoms. The van der Waals surface area contributed by atoms with Gasteiger partial charge in [-0.15, -0.1) is 0 Å². The molecule has 1 fully saturated rings. The first-order valence-corrected chi connectivity index (χ1v) is 12.7. The molecule has 1 saturated heterocycles. The number of hydrogen-bond acceptors (Lipinski definition) is 6. The smallest absolute Gasteiger partial charge is 0.255 e. The van der Waals surface area contributed by atoms with Gasteiger partial charge >= 0.3 is 0 Å². The number of fused-ring (bicyclic) bond motifs is 4. The van der Waals surface area contributed by atoms with Gasteiger partial charge in [-0.25, -0.2) is 0 Å². The molecule has 2 aliphatic rings. The first kappa shape index (κ1) is 23.7. The van der Waals surface area contributed by atoms with Gasteiger partial charge in [-0.1, -0.05) is 6.07 Å². The molecular weight excluding hydrogens is 482 g/mol. The van der Waals surface area contributed by atoms with Crippen LogP contribution in [-0.4, -0.2) is 34.5 Å². The Morgan fingerprint density at radius 1 is 0.947 bits per heavy atom. The third-order valence-electron chi connectivity index (χ3n) is 7.27. The van der Waals surface area contributed by atoms with Crippen LogP contribution in [0.5, 0.6) is 0 Å². The van der Waals surface area contributed by atoms with Crippen molar-refractivity contribution < 1.29 is 14.0 Å². The van der Waals surface area contributed by atoms with E-state index >= 15 is 0 Å². The summed E-state index contributed by atoms with van der Waals surface area (Å²) in [7, 11) is 0. The van der Waals surface area contributed by atoms with Crippen LogP contribution in [0.4, 0.5) is 11.4 Å². The topological polar surface area (TPSA) is 109 Å². The number of pyridine rings is 2. The molecule has 0 aliphatic carbocycles. The molecule has 2 amide bonds. The van der Waals surface area contributed by atoms with E-state index < -0.39 is 0 Å². The second-order valence-electron chi connectivity index (χ2n) is 9.79. The second kappa shape index (κ2) is 10.0. The number of benzene rings is 1. The van der Waals surface area contributed by atoms with E-state index in [9.17, 15) is 14.4 Å². The maximum absolute atomic E-state index is 13.1. The van der Waals surface area contributed by atoms with E-state index in [1.807, 2.05) is 22.8 Å². The minimum absolute atomic E-state index is 0.0425. The van der Waals surface area contributed by atoms with Crippen molar-refractivity contribution >= 4 is 23.2 Å². The van der Waals surface area contributed by atoms with Crippen molar-refractivity contribution in [2.75, 3.05) is 23.3 Å². The zero-order valence-electron chi connectivity index (χ0n) is 20.7. The van der Waals surface area contributed by atoms with Crippen molar-refractivity contribution in [1.82, 2.24) is 14.9 Å². The number of anilines is 2. The number of furan rings is 1. The lowest BCUT2D eigenvalue weighted by Gasteiger charge is -2.44. The van der Waals surface area contributed by atoms with E-state index in [1.54, 1.807) is 61.1 Å². The number of rotatable bonds is 6.